The van der Waals surface area contributed by atoms with Crippen molar-refractivity contribution in [3.63, 3.8) is 0 Å². The molecule has 4 rings (SSSR count). The van der Waals surface area contributed by atoms with Crippen LogP contribution in [0.25, 0.3) is 0 Å². The molecule has 2 atom stereocenters. The molecule has 0 aliphatic carbocycles. The van der Waals surface area contributed by atoms with Crippen LogP contribution in [0.1, 0.15) is 53.3 Å². The Labute approximate surface area is 141 Å². The van der Waals surface area contributed by atoms with Crippen molar-refractivity contribution in [1.29, 1.82) is 0 Å². The molecule has 6 nitrogen and oxygen atoms in total. The lowest BCUT2D eigenvalue weighted by molar-refractivity contribution is 0.0558. The van der Waals surface area contributed by atoms with Crippen molar-refractivity contribution in [3.05, 3.63) is 41.5 Å². The Hall–Kier alpha value is -2.37. The van der Waals surface area contributed by atoms with Crippen LogP contribution in [0.4, 0.5) is 0 Å². The number of amides is 1. The van der Waals surface area contributed by atoms with Crippen LogP contribution >= 0.6 is 0 Å². The van der Waals surface area contributed by atoms with Crippen LogP contribution in [0, 0.1) is 6.92 Å². The Balaban J connectivity index is 1.58. The number of hydrogen-bond donors (Lipinski definition) is 1. The van der Waals surface area contributed by atoms with Gasteiger partial charge in [-0.3, -0.25) is 9.48 Å². The summed E-state index contributed by atoms with van der Waals surface area (Å²) in [6, 6.07) is 4.12. The fourth-order valence-electron chi connectivity index (χ4n) is 4.38. The van der Waals surface area contributed by atoms with Gasteiger partial charge in [-0.1, -0.05) is 0 Å². The second-order valence-corrected chi connectivity index (χ2v) is 7.03. The van der Waals surface area contributed by atoms with E-state index in [1.54, 1.807) is 12.3 Å². The Morgan fingerprint density at radius 2 is 2.00 bits per heavy atom. The average Bonchev–Trinajstić information content (AvgIpc) is 3.08. The highest BCUT2D eigenvalue weighted by Crippen LogP contribution is 2.43. The molecule has 2 fully saturated rings. The molecule has 1 amide bonds. The molecule has 6 heteroatoms. The van der Waals surface area contributed by atoms with Gasteiger partial charge in [-0.2, -0.15) is 5.10 Å². The highest BCUT2D eigenvalue weighted by atomic mass is 16.3. The summed E-state index contributed by atoms with van der Waals surface area (Å²) in [5.74, 6) is 0.287. The van der Waals surface area contributed by atoms with Crippen LogP contribution in [-0.2, 0) is 7.05 Å². The number of aromatic nitrogens is 3. The molecule has 2 aromatic heterocycles. The van der Waals surface area contributed by atoms with E-state index >= 15 is 0 Å². The van der Waals surface area contributed by atoms with Crippen LogP contribution in [0.2, 0.25) is 0 Å². The SMILES string of the molecule is Cc1cnc(C(=O)N2C3CCC2CC(c2ccnn2C)C3)c(O)c1. The van der Waals surface area contributed by atoms with Crippen molar-refractivity contribution >= 4 is 5.91 Å². The van der Waals surface area contributed by atoms with E-state index in [9.17, 15) is 9.90 Å². The lowest BCUT2D eigenvalue weighted by Gasteiger charge is -2.38. The average molecular weight is 326 g/mol. The molecule has 2 aliphatic rings. The normalized spacial score (nSPS) is 25.9. The lowest BCUT2D eigenvalue weighted by Crippen LogP contribution is -2.46. The molecule has 0 aromatic carbocycles. The van der Waals surface area contributed by atoms with Gasteiger partial charge >= 0.3 is 0 Å². The number of nitrogens with zero attached hydrogens (tertiary/aromatic N) is 4. The maximum Gasteiger partial charge on any atom is 0.276 e. The first-order valence-electron chi connectivity index (χ1n) is 8.50. The fraction of sp³-hybridized carbons (Fsp3) is 0.500. The van der Waals surface area contributed by atoms with Gasteiger partial charge in [0.25, 0.3) is 5.91 Å². The van der Waals surface area contributed by atoms with Gasteiger partial charge in [0.15, 0.2) is 5.69 Å². The maximum absolute atomic E-state index is 12.9. The summed E-state index contributed by atoms with van der Waals surface area (Å²) < 4.78 is 1.94. The molecule has 0 radical (unpaired) electrons. The monoisotopic (exact) mass is 326 g/mol. The zero-order chi connectivity index (χ0) is 16.8. The van der Waals surface area contributed by atoms with E-state index in [4.69, 9.17) is 0 Å². The summed E-state index contributed by atoms with van der Waals surface area (Å²) in [6.07, 6.45) is 7.43. The minimum atomic E-state index is -0.136. The smallest absolute Gasteiger partial charge is 0.276 e. The summed E-state index contributed by atoms with van der Waals surface area (Å²) in [4.78, 5) is 19.1. The van der Waals surface area contributed by atoms with Gasteiger partial charge in [-0.15, -0.1) is 0 Å². The number of fused-ring (bicyclic) bond motifs is 2. The summed E-state index contributed by atoms with van der Waals surface area (Å²) in [5, 5.41) is 14.4. The number of hydrogen-bond acceptors (Lipinski definition) is 4. The van der Waals surface area contributed by atoms with Crippen LogP contribution in [0.3, 0.4) is 0 Å². The van der Waals surface area contributed by atoms with E-state index in [0.717, 1.165) is 31.2 Å². The maximum atomic E-state index is 12.9. The summed E-state index contributed by atoms with van der Waals surface area (Å²) >= 11 is 0. The van der Waals surface area contributed by atoms with Gasteiger partial charge in [0.1, 0.15) is 5.75 Å². The topological polar surface area (TPSA) is 71.2 Å². The Morgan fingerprint density at radius 3 is 2.58 bits per heavy atom. The molecule has 2 aromatic rings. The van der Waals surface area contributed by atoms with Crippen molar-refractivity contribution < 1.29 is 9.90 Å². The number of pyridine rings is 1. The molecule has 0 spiro atoms. The van der Waals surface area contributed by atoms with Crippen molar-refractivity contribution in [1.82, 2.24) is 19.7 Å². The zero-order valence-electron chi connectivity index (χ0n) is 14.0. The Kier molecular flexibility index (Phi) is 3.55. The minimum absolute atomic E-state index is 0.0202. The molecule has 24 heavy (non-hydrogen) atoms. The van der Waals surface area contributed by atoms with Gasteiger partial charge in [0, 0.05) is 43.1 Å². The Morgan fingerprint density at radius 1 is 1.29 bits per heavy atom. The highest BCUT2D eigenvalue weighted by Gasteiger charge is 2.45. The van der Waals surface area contributed by atoms with Crippen molar-refractivity contribution in [3.8, 4) is 5.75 Å². The lowest BCUT2D eigenvalue weighted by atomic mass is 9.88. The third-order valence-corrected chi connectivity index (χ3v) is 5.45. The quantitative estimate of drug-likeness (QED) is 0.920. The Bertz CT molecular complexity index is 771. The molecule has 2 unspecified atom stereocenters. The molecule has 126 valence electrons. The second kappa shape index (κ2) is 5.61. The van der Waals surface area contributed by atoms with Crippen LogP contribution in [-0.4, -0.2) is 42.8 Å². The zero-order valence-corrected chi connectivity index (χ0v) is 14.0. The van der Waals surface area contributed by atoms with E-state index in [2.05, 4.69) is 16.1 Å². The minimum Gasteiger partial charge on any atom is -0.505 e. The molecule has 0 saturated carbocycles. The van der Waals surface area contributed by atoms with Gasteiger partial charge in [-0.05, 0) is 50.3 Å². The van der Waals surface area contributed by atoms with Gasteiger partial charge < -0.3 is 10.0 Å². The van der Waals surface area contributed by atoms with E-state index in [1.807, 2.05) is 29.7 Å². The predicted octanol–water partition coefficient (Wildman–Crippen LogP) is 2.38. The summed E-state index contributed by atoms with van der Waals surface area (Å²) in [7, 11) is 1.98. The van der Waals surface area contributed by atoms with Gasteiger partial charge in [0.05, 0.1) is 0 Å². The first-order valence-corrected chi connectivity index (χ1v) is 8.50. The molecule has 4 heterocycles. The predicted molar refractivity (Wildman–Crippen MR) is 88.8 cm³/mol. The summed E-state index contributed by atoms with van der Waals surface area (Å²) in [5.41, 5.74) is 2.27. The molecule has 2 saturated heterocycles. The third kappa shape index (κ3) is 2.37. The van der Waals surface area contributed by atoms with E-state index in [0.29, 0.717) is 5.92 Å². The van der Waals surface area contributed by atoms with Crippen molar-refractivity contribution in [2.24, 2.45) is 7.05 Å². The standard InChI is InChI=1S/C18H22N4O2/c1-11-7-16(23)17(19-10-11)18(24)22-13-3-4-14(22)9-12(8-13)15-5-6-20-21(15)2/h5-7,10,12-14,23H,3-4,8-9H2,1-2H3. The molecular formula is C18H22N4O2. The first-order chi connectivity index (χ1) is 11.5. The second-order valence-electron chi connectivity index (χ2n) is 7.03. The largest absolute Gasteiger partial charge is 0.505 e. The van der Waals surface area contributed by atoms with E-state index in [-0.39, 0.29) is 29.4 Å². The number of piperidine rings is 1. The highest BCUT2D eigenvalue weighted by molar-refractivity contribution is 5.95. The number of carbonyl (C=O) groups excluding carboxylic acids is 1. The van der Waals surface area contributed by atoms with Crippen LogP contribution in [0.5, 0.6) is 5.75 Å². The number of aromatic hydroxyl groups is 1. The van der Waals surface area contributed by atoms with Crippen molar-refractivity contribution in [2.45, 2.75) is 50.6 Å². The third-order valence-electron chi connectivity index (χ3n) is 5.45. The number of carbonyl (C=O) groups is 1. The molecule has 1 N–H and O–H groups in total. The van der Waals surface area contributed by atoms with Gasteiger partial charge in [-0.25, -0.2) is 4.98 Å². The fourth-order valence-corrected chi connectivity index (χ4v) is 4.38. The number of aryl methyl sites for hydroxylation is 2. The number of rotatable bonds is 2. The van der Waals surface area contributed by atoms with E-state index < -0.39 is 0 Å². The summed E-state index contributed by atoms with van der Waals surface area (Å²) in [6.45, 7) is 1.85. The first kappa shape index (κ1) is 15.2. The van der Waals surface area contributed by atoms with Crippen LogP contribution < -0.4 is 0 Å². The van der Waals surface area contributed by atoms with Gasteiger partial charge in [0.2, 0.25) is 0 Å². The molecule has 2 aliphatic heterocycles. The van der Waals surface area contributed by atoms with E-state index in [1.165, 1.54) is 5.69 Å². The van der Waals surface area contributed by atoms with Crippen LogP contribution in [0.15, 0.2) is 24.5 Å². The van der Waals surface area contributed by atoms with Crippen molar-refractivity contribution in [2.75, 3.05) is 0 Å². The molecule has 2 bridgehead atoms. The molecular weight excluding hydrogens is 304 g/mol.